The van der Waals surface area contributed by atoms with Crippen LogP contribution in [0.3, 0.4) is 0 Å². The van der Waals surface area contributed by atoms with E-state index in [0.29, 0.717) is 11.4 Å². The SMILES string of the molecule is COc1ccc(N2C(=O)C(Cl)=C(NC(C)c3ccccc3)C2=O)cc1. The largest absolute Gasteiger partial charge is 0.497 e. The maximum absolute atomic E-state index is 12.7. The lowest BCUT2D eigenvalue weighted by atomic mass is 10.1. The molecule has 0 aromatic heterocycles. The Bertz CT molecular complexity index is 832. The fourth-order valence-electron chi connectivity index (χ4n) is 2.64. The first kappa shape index (κ1) is 17.0. The van der Waals surface area contributed by atoms with Crippen molar-refractivity contribution in [3.63, 3.8) is 0 Å². The number of hydrogen-bond acceptors (Lipinski definition) is 4. The summed E-state index contributed by atoms with van der Waals surface area (Å²) in [5, 5.41) is 2.95. The molecular weight excluding hydrogens is 340 g/mol. The summed E-state index contributed by atoms with van der Waals surface area (Å²) < 4.78 is 5.09. The third-order valence-corrected chi connectivity index (χ3v) is 4.37. The summed E-state index contributed by atoms with van der Waals surface area (Å²) in [6.07, 6.45) is 0. The summed E-state index contributed by atoms with van der Waals surface area (Å²) in [5.74, 6) is -0.375. The van der Waals surface area contributed by atoms with Crippen LogP contribution in [0.15, 0.2) is 65.3 Å². The van der Waals surface area contributed by atoms with Crippen molar-refractivity contribution in [1.82, 2.24) is 5.32 Å². The third-order valence-electron chi connectivity index (χ3n) is 4.02. The number of benzene rings is 2. The highest BCUT2D eigenvalue weighted by Crippen LogP contribution is 2.30. The molecule has 1 heterocycles. The molecule has 0 bridgehead atoms. The maximum atomic E-state index is 12.7. The van der Waals surface area contributed by atoms with E-state index in [1.165, 1.54) is 0 Å². The van der Waals surface area contributed by atoms with Crippen LogP contribution in [0.4, 0.5) is 5.69 Å². The fraction of sp³-hybridized carbons (Fsp3) is 0.158. The molecule has 2 aromatic carbocycles. The topological polar surface area (TPSA) is 58.6 Å². The van der Waals surface area contributed by atoms with Gasteiger partial charge in [0.2, 0.25) is 0 Å². The number of ether oxygens (including phenoxy) is 1. The molecule has 1 unspecified atom stereocenters. The van der Waals surface area contributed by atoms with Gasteiger partial charge in [-0.15, -0.1) is 0 Å². The Morgan fingerprint density at radius 1 is 1.00 bits per heavy atom. The van der Waals surface area contributed by atoms with Crippen LogP contribution in [0.5, 0.6) is 5.75 Å². The Labute approximate surface area is 150 Å². The molecule has 128 valence electrons. The van der Waals surface area contributed by atoms with Gasteiger partial charge in [0.05, 0.1) is 12.8 Å². The Hall–Kier alpha value is -2.79. The van der Waals surface area contributed by atoms with Crippen LogP contribution in [0.2, 0.25) is 0 Å². The first-order valence-corrected chi connectivity index (χ1v) is 8.15. The van der Waals surface area contributed by atoms with E-state index in [1.807, 2.05) is 37.3 Å². The molecule has 5 nitrogen and oxygen atoms in total. The number of carbonyl (C=O) groups is 2. The maximum Gasteiger partial charge on any atom is 0.283 e. The van der Waals surface area contributed by atoms with Gasteiger partial charge in [0, 0.05) is 6.04 Å². The first-order chi connectivity index (χ1) is 12.0. The molecule has 0 aliphatic carbocycles. The second kappa shape index (κ2) is 6.99. The molecule has 2 aromatic rings. The number of carbonyl (C=O) groups excluding carboxylic acids is 2. The standard InChI is InChI=1S/C19H17ClN2O3/c1-12(13-6-4-3-5-7-13)21-17-16(20)18(23)22(19(17)24)14-8-10-15(25-2)11-9-14/h3-12,21H,1-2H3. The zero-order valence-corrected chi connectivity index (χ0v) is 14.6. The number of nitrogens with one attached hydrogen (secondary N) is 1. The van der Waals surface area contributed by atoms with Crippen LogP contribution in [-0.4, -0.2) is 18.9 Å². The monoisotopic (exact) mass is 356 g/mol. The van der Waals surface area contributed by atoms with Crippen molar-refractivity contribution in [3.8, 4) is 5.75 Å². The Morgan fingerprint density at radius 2 is 1.64 bits per heavy atom. The molecule has 0 fully saturated rings. The minimum Gasteiger partial charge on any atom is -0.497 e. The van der Waals surface area contributed by atoms with Gasteiger partial charge in [-0.2, -0.15) is 0 Å². The molecule has 2 amide bonds. The van der Waals surface area contributed by atoms with Gasteiger partial charge in [0.1, 0.15) is 16.5 Å². The molecule has 3 rings (SSSR count). The number of imide groups is 1. The summed E-state index contributed by atoms with van der Waals surface area (Å²) in [6, 6.07) is 16.1. The van der Waals surface area contributed by atoms with Crippen LogP contribution < -0.4 is 15.0 Å². The number of anilines is 1. The molecule has 0 saturated carbocycles. The van der Waals surface area contributed by atoms with E-state index in [-0.39, 0.29) is 16.8 Å². The Balaban J connectivity index is 1.83. The fourth-order valence-corrected chi connectivity index (χ4v) is 2.86. The van der Waals surface area contributed by atoms with Crippen LogP contribution in [0.1, 0.15) is 18.5 Å². The van der Waals surface area contributed by atoms with Crippen molar-refractivity contribution in [2.75, 3.05) is 12.0 Å². The van der Waals surface area contributed by atoms with Gasteiger partial charge in [0.25, 0.3) is 11.8 Å². The highest BCUT2D eigenvalue weighted by molar-refractivity contribution is 6.52. The van der Waals surface area contributed by atoms with E-state index >= 15 is 0 Å². The lowest BCUT2D eigenvalue weighted by Crippen LogP contribution is -2.34. The van der Waals surface area contributed by atoms with E-state index in [9.17, 15) is 9.59 Å². The zero-order chi connectivity index (χ0) is 18.0. The van der Waals surface area contributed by atoms with Crippen LogP contribution in [0.25, 0.3) is 0 Å². The van der Waals surface area contributed by atoms with Gasteiger partial charge < -0.3 is 10.1 Å². The Morgan fingerprint density at radius 3 is 2.24 bits per heavy atom. The molecule has 0 saturated heterocycles. The minimum atomic E-state index is -0.542. The lowest BCUT2D eigenvalue weighted by molar-refractivity contribution is -0.120. The van der Waals surface area contributed by atoms with E-state index in [2.05, 4.69) is 5.32 Å². The number of halogens is 1. The molecule has 6 heteroatoms. The third kappa shape index (κ3) is 3.23. The van der Waals surface area contributed by atoms with Gasteiger partial charge in [-0.3, -0.25) is 9.59 Å². The average molecular weight is 357 g/mol. The number of hydrogen-bond donors (Lipinski definition) is 1. The van der Waals surface area contributed by atoms with Crippen LogP contribution in [0, 0.1) is 0 Å². The van der Waals surface area contributed by atoms with Crippen molar-refractivity contribution < 1.29 is 14.3 Å². The molecule has 0 spiro atoms. The van der Waals surface area contributed by atoms with E-state index in [1.54, 1.807) is 31.4 Å². The lowest BCUT2D eigenvalue weighted by Gasteiger charge is -2.18. The number of methoxy groups -OCH3 is 1. The predicted octanol–water partition coefficient (Wildman–Crippen LogP) is 3.37. The van der Waals surface area contributed by atoms with Gasteiger partial charge in [-0.1, -0.05) is 41.9 Å². The van der Waals surface area contributed by atoms with E-state index < -0.39 is 11.8 Å². The first-order valence-electron chi connectivity index (χ1n) is 7.77. The number of nitrogens with zero attached hydrogens (tertiary/aromatic N) is 1. The van der Waals surface area contributed by atoms with Gasteiger partial charge >= 0.3 is 0 Å². The highest BCUT2D eigenvalue weighted by Gasteiger charge is 2.39. The highest BCUT2D eigenvalue weighted by atomic mass is 35.5. The quantitative estimate of drug-likeness (QED) is 0.834. The molecule has 1 aliphatic heterocycles. The molecule has 1 aliphatic rings. The smallest absolute Gasteiger partial charge is 0.283 e. The van der Waals surface area contributed by atoms with Crippen LogP contribution in [-0.2, 0) is 9.59 Å². The van der Waals surface area contributed by atoms with E-state index in [0.717, 1.165) is 10.5 Å². The summed E-state index contributed by atoms with van der Waals surface area (Å²) >= 11 is 6.14. The van der Waals surface area contributed by atoms with Crippen molar-refractivity contribution in [2.45, 2.75) is 13.0 Å². The van der Waals surface area contributed by atoms with Gasteiger partial charge in [-0.25, -0.2) is 4.90 Å². The molecular formula is C19H17ClN2O3. The normalized spacial score (nSPS) is 15.6. The Kier molecular flexibility index (Phi) is 4.76. The zero-order valence-electron chi connectivity index (χ0n) is 13.8. The van der Waals surface area contributed by atoms with Crippen molar-refractivity contribution in [1.29, 1.82) is 0 Å². The minimum absolute atomic E-state index is 0.108. The summed E-state index contributed by atoms with van der Waals surface area (Å²) in [7, 11) is 1.55. The second-order valence-electron chi connectivity index (χ2n) is 5.61. The second-order valence-corrected chi connectivity index (χ2v) is 5.99. The van der Waals surface area contributed by atoms with Crippen molar-refractivity contribution >= 4 is 29.1 Å². The molecule has 1 N–H and O–H groups in total. The van der Waals surface area contributed by atoms with Gasteiger partial charge in [0.15, 0.2) is 0 Å². The van der Waals surface area contributed by atoms with Crippen LogP contribution >= 0.6 is 11.6 Å². The molecule has 25 heavy (non-hydrogen) atoms. The summed E-state index contributed by atoms with van der Waals surface area (Å²) in [4.78, 5) is 26.2. The summed E-state index contributed by atoms with van der Waals surface area (Å²) in [6.45, 7) is 1.90. The van der Waals surface area contributed by atoms with Crippen molar-refractivity contribution in [2.24, 2.45) is 0 Å². The average Bonchev–Trinajstić information content (AvgIpc) is 2.86. The predicted molar refractivity (Wildman–Crippen MR) is 96.4 cm³/mol. The number of rotatable bonds is 5. The van der Waals surface area contributed by atoms with Crippen molar-refractivity contribution in [3.05, 3.63) is 70.9 Å². The molecule has 0 radical (unpaired) electrons. The van der Waals surface area contributed by atoms with E-state index in [4.69, 9.17) is 16.3 Å². The van der Waals surface area contributed by atoms with Gasteiger partial charge in [-0.05, 0) is 36.8 Å². The summed E-state index contributed by atoms with van der Waals surface area (Å²) in [5.41, 5.74) is 1.54. The number of amides is 2. The molecule has 1 atom stereocenters.